The van der Waals surface area contributed by atoms with Gasteiger partial charge in [0.1, 0.15) is 6.29 Å². The van der Waals surface area contributed by atoms with Crippen LogP contribution in [-0.2, 0) is 14.4 Å². The van der Waals surface area contributed by atoms with E-state index in [0.29, 0.717) is 38.9 Å². The molecular weight excluding hydrogens is 470 g/mol. The van der Waals surface area contributed by atoms with Crippen LogP contribution in [-0.4, -0.2) is 54.9 Å². The van der Waals surface area contributed by atoms with Crippen molar-refractivity contribution < 1.29 is 19.5 Å². The molecule has 9 heteroatoms. The Morgan fingerprint density at radius 3 is 1.57 bits per heavy atom. The second kappa shape index (κ2) is 26.9. The number of aldehydes is 1. The number of nitrogens with one attached hydrogen (secondary N) is 4. The molecule has 0 aliphatic rings. The van der Waals surface area contributed by atoms with Crippen LogP contribution < -0.4 is 21.7 Å². The van der Waals surface area contributed by atoms with Gasteiger partial charge in [0.2, 0.25) is 5.91 Å². The minimum absolute atomic E-state index is 0.0625. The third-order valence-corrected chi connectivity index (χ3v) is 6.57. The summed E-state index contributed by atoms with van der Waals surface area (Å²) in [5, 5.41) is 24.5. The molecule has 0 rings (SSSR count). The van der Waals surface area contributed by atoms with E-state index >= 15 is 0 Å². The predicted molar refractivity (Wildman–Crippen MR) is 151 cm³/mol. The second-order valence-electron chi connectivity index (χ2n) is 10.1. The van der Waals surface area contributed by atoms with Gasteiger partial charge >= 0.3 is 5.97 Å². The van der Waals surface area contributed by atoms with E-state index in [1.807, 2.05) is 0 Å². The number of nitrogens with two attached hydrogens (primary N) is 1. The van der Waals surface area contributed by atoms with Crippen LogP contribution >= 0.6 is 0 Å². The molecule has 0 aromatic heterocycles. The summed E-state index contributed by atoms with van der Waals surface area (Å²) in [5.41, 5.74) is 5.22. The highest BCUT2D eigenvalue weighted by Crippen LogP contribution is 2.14. The summed E-state index contributed by atoms with van der Waals surface area (Å²) in [5.74, 6) is -0.665. The van der Waals surface area contributed by atoms with Crippen molar-refractivity contribution in [3.8, 4) is 0 Å². The quantitative estimate of drug-likeness (QED) is 0.0376. The second-order valence-corrected chi connectivity index (χ2v) is 10.1. The van der Waals surface area contributed by atoms with E-state index in [0.717, 1.165) is 38.4 Å². The Morgan fingerprint density at radius 2 is 1.14 bits per heavy atom. The molecule has 0 aliphatic heterocycles. The first kappa shape index (κ1) is 34.8. The minimum Gasteiger partial charge on any atom is -0.481 e. The van der Waals surface area contributed by atoms with Crippen LogP contribution in [0.15, 0.2) is 0 Å². The molecule has 0 heterocycles. The third-order valence-electron chi connectivity index (χ3n) is 6.57. The molecule has 0 aliphatic carbocycles. The number of rotatable bonds is 28. The summed E-state index contributed by atoms with van der Waals surface area (Å²) in [6, 6.07) is -0.246. The molecule has 0 saturated carbocycles. The lowest BCUT2D eigenvalue weighted by Crippen LogP contribution is -2.38. The molecule has 216 valence electrons. The lowest BCUT2D eigenvalue weighted by Gasteiger charge is -2.13. The van der Waals surface area contributed by atoms with Gasteiger partial charge < -0.3 is 31.6 Å². The van der Waals surface area contributed by atoms with Crippen LogP contribution in [0.2, 0.25) is 0 Å². The zero-order valence-corrected chi connectivity index (χ0v) is 23.2. The molecule has 1 atom stereocenters. The molecule has 37 heavy (non-hydrogen) atoms. The van der Waals surface area contributed by atoms with Crippen molar-refractivity contribution in [2.45, 2.75) is 134 Å². The van der Waals surface area contributed by atoms with Crippen LogP contribution in [0.5, 0.6) is 0 Å². The van der Waals surface area contributed by atoms with Crippen molar-refractivity contribution >= 4 is 24.1 Å². The molecule has 0 saturated heterocycles. The van der Waals surface area contributed by atoms with E-state index in [9.17, 15) is 14.4 Å². The Bertz CT molecular complexity index is 589. The average molecular weight is 526 g/mol. The fourth-order valence-electron chi connectivity index (χ4n) is 4.35. The van der Waals surface area contributed by atoms with Gasteiger partial charge in [0.05, 0.1) is 6.04 Å². The Hall–Kier alpha value is -2.16. The first-order valence-corrected chi connectivity index (χ1v) is 14.7. The van der Waals surface area contributed by atoms with Gasteiger partial charge in [-0.3, -0.25) is 15.0 Å². The van der Waals surface area contributed by atoms with Gasteiger partial charge in [0.25, 0.3) is 0 Å². The third kappa shape index (κ3) is 28.3. The van der Waals surface area contributed by atoms with Crippen molar-refractivity contribution in [3.05, 3.63) is 0 Å². The number of aliphatic carboxylic acids is 1. The van der Waals surface area contributed by atoms with Crippen molar-refractivity contribution in [1.29, 1.82) is 5.41 Å². The van der Waals surface area contributed by atoms with Gasteiger partial charge in [-0.25, -0.2) is 0 Å². The van der Waals surface area contributed by atoms with E-state index in [2.05, 4.69) is 16.0 Å². The van der Waals surface area contributed by atoms with E-state index in [4.69, 9.17) is 16.2 Å². The largest absolute Gasteiger partial charge is 0.481 e. The molecule has 0 bridgehead atoms. The van der Waals surface area contributed by atoms with Crippen LogP contribution in [0.3, 0.4) is 0 Å². The summed E-state index contributed by atoms with van der Waals surface area (Å²) in [7, 11) is 0. The van der Waals surface area contributed by atoms with Crippen molar-refractivity contribution in [1.82, 2.24) is 16.0 Å². The van der Waals surface area contributed by atoms with E-state index in [1.165, 1.54) is 77.0 Å². The topological polar surface area (TPSA) is 157 Å². The normalized spacial score (nSPS) is 11.7. The van der Waals surface area contributed by atoms with Gasteiger partial charge in [-0.05, 0) is 25.7 Å². The first-order chi connectivity index (χ1) is 18.0. The molecule has 0 radical (unpaired) electrons. The molecule has 0 aromatic carbocycles. The fraction of sp³-hybridized carbons (Fsp3) is 0.857. The smallest absolute Gasteiger partial charge is 0.303 e. The highest BCUT2D eigenvalue weighted by Gasteiger charge is 2.06. The Balaban J connectivity index is 3.32. The summed E-state index contributed by atoms with van der Waals surface area (Å²) >= 11 is 0. The summed E-state index contributed by atoms with van der Waals surface area (Å²) in [4.78, 5) is 33.5. The zero-order chi connectivity index (χ0) is 27.4. The molecule has 0 unspecified atom stereocenters. The first-order valence-electron chi connectivity index (χ1n) is 14.7. The number of hydrogen-bond donors (Lipinski definition) is 6. The van der Waals surface area contributed by atoms with Crippen molar-refractivity contribution in [2.24, 2.45) is 5.73 Å². The van der Waals surface area contributed by atoms with Crippen LogP contribution in [0, 0.1) is 5.41 Å². The predicted octanol–water partition coefficient (Wildman–Crippen LogP) is 4.63. The van der Waals surface area contributed by atoms with Gasteiger partial charge in [-0.15, -0.1) is 0 Å². The minimum atomic E-state index is -0.679. The zero-order valence-electron chi connectivity index (χ0n) is 23.2. The summed E-state index contributed by atoms with van der Waals surface area (Å²) < 4.78 is 0. The molecule has 0 spiro atoms. The number of carboxylic acids is 1. The highest BCUT2D eigenvalue weighted by atomic mass is 16.4. The molecule has 7 N–H and O–H groups in total. The lowest BCUT2D eigenvalue weighted by molar-refractivity contribution is -0.137. The van der Waals surface area contributed by atoms with Crippen molar-refractivity contribution in [2.75, 3.05) is 19.6 Å². The summed E-state index contributed by atoms with van der Waals surface area (Å²) in [6.45, 7) is 1.65. The number of carbonyl (C=O) groups is 3. The van der Waals surface area contributed by atoms with Gasteiger partial charge in [-0.2, -0.15) is 0 Å². The van der Waals surface area contributed by atoms with E-state index < -0.39 is 5.97 Å². The molecule has 9 nitrogen and oxygen atoms in total. The van der Waals surface area contributed by atoms with Crippen LogP contribution in [0.1, 0.15) is 128 Å². The number of amides is 1. The standard InChI is InChI=1S/C28H55N5O4/c29-28(30)33-21-17-18-25(24-34)31-22-23-32-26(35)19-15-13-11-9-7-5-3-1-2-4-6-8-10-12-14-16-20-27(36)37/h24-25,31H,1-23H2,(H,32,35)(H,36,37)(H4,29,30,33)/t25-/m0/s1. The lowest BCUT2D eigenvalue weighted by atomic mass is 10.0. The van der Waals surface area contributed by atoms with Crippen LogP contribution in [0.4, 0.5) is 0 Å². The average Bonchev–Trinajstić information content (AvgIpc) is 2.86. The molecular formula is C28H55N5O4. The number of carbonyl (C=O) groups excluding carboxylic acids is 2. The molecule has 1 amide bonds. The Labute approximate surface area is 225 Å². The van der Waals surface area contributed by atoms with E-state index in [1.54, 1.807) is 0 Å². The highest BCUT2D eigenvalue weighted by molar-refractivity contribution is 5.75. The van der Waals surface area contributed by atoms with Crippen molar-refractivity contribution in [3.63, 3.8) is 0 Å². The van der Waals surface area contributed by atoms with Gasteiger partial charge in [0, 0.05) is 32.5 Å². The number of guanidine groups is 1. The van der Waals surface area contributed by atoms with E-state index in [-0.39, 0.29) is 17.9 Å². The Kier molecular flexibility index (Phi) is 25.3. The van der Waals surface area contributed by atoms with Crippen LogP contribution in [0.25, 0.3) is 0 Å². The monoisotopic (exact) mass is 525 g/mol. The fourth-order valence-corrected chi connectivity index (χ4v) is 4.35. The molecule has 0 fully saturated rings. The SMILES string of the molecule is N=C(N)NCCC[C@@H](C=O)NCCNC(=O)CCCCCCCCCCCCCCCCCCC(=O)O. The number of unbranched alkanes of at least 4 members (excludes halogenated alkanes) is 15. The number of carboxylic acid groups (broad SMARTS) is 1. The number of hydrogen-bond acceptors (Lipinski definition) is 5. The maximum absolute atomic E-state index is 11.9. The maximum Gasteiger partial charge on any atom is 0.303 e. The Morgan fingerprint density at radius 1 is 0.676 bits per heavy atom. The molecule has 0 aromatic rings. The maximum atomic E-state index is 11.9. The van der Waals surface area contributed by atoms with Gasteiger partial charge in [0.15, 0.2) is 5.96 Å². The summed E-state index contributed by atoms with van der Waals surface area (Å²) in [6.07, 6.45) is 22.4. The van der Waals surface area contributed by atoms with Gasteiger partial charge in [-0.1, -0.05) is 89.9 Å².